The molecule has 0 saturated carbocycles. The Balaban J connectivity index is 1.81. The van der Waals surface area contributed by atoms with Gasteiger partial charge in [-0.15, -0.1) is 0 Å². The van der Waals surface area contributed by atoms with Gasteiger partial charge in [0.15, 0.2) is 5.60 Å². The molecule has 0 aliphatic carbocycles. The van der Waals surface area contributed by atoms with Crippen LogP contribution >= 0.6 is 0 Å². The van der Waals surface area contributed by atoms with Crippen molar-refractivity contribution in [1.82, 2.24) is 9.55 Å². The zero-order valence-corrected chi connectivity index (χ0v) is 16.7. The molecule has 0 unspecified atom stereocenters. The average molecular weight is 407 g/mol. The topological polar surface area (TPSA) is 117 Å². The second-order valence-electron chi connectivity index (χ2n) is 7.61. The van der Waals surface area contributed by atoms with Gasteiger partial charge in [0.1, 0.15) is 12.4 Å². The number of aromatic nitrogens is 2. The fourth-order valence-corrected chi connectivity index (χ4v) is 4.50. The number of aliphatic hydroxyl groups is 1. The van der Waals surface area contributed by atoms with Gasteiger partial charge in [-0.1, -0.05) is 6.92 Å². The number of nitrogens with zero attached hydrogens (tertiary/aromatic N) is 2. The smallest absolute Gasteiger partial charge is 0.343 e. The molecule has 5 rings (SSSR count). The van der Waals surface area contributed by atoms with Crippen LogP contribution in [0, 0.1) is 0 Å². The Hall–Kier alpha value is -3.23. The Labute approximate surface area is 171 Å². The molecule has 2 aromatic heterocycles. The molecule has 0 radical (unpaired) electrons. The van der Waals surface area contributed by atoms with Crippen LogP contribution in [-0.2, 0) is 34.8 Å². The molecule has 3 N–H and O–H groups in total. The summed E-state index contributed by atoms with van der Waals surface area (Å²) in [5.41, 5.74) is 8.29. The van der Waals surface area contributed by atoms with Crippen molar-refractivity contribution in [1.29, 1.82) is 0 Å². The van der Waals surface area contributed by atoms with E-state index in [1.54, 1.807) is 24.7 Å². The van der Waals surface area contributed by atoms with Gasteiger partial charge in [-0.05, 0) is 36.2 Å². The number of hydrogen-bond donors (Lipinski definition) is 2. The summed E-state index contributed by atoms with van der Waals surface area (Å²) >= 11 is 0. The number of hydrogen-bond acceptors (Lipinski definition) is 7. The zero-order chi connectivity index (χ0) is 21.2. The highest BCUT2D eigenvalue weighted by atomic mass is 16.6. The zero-order valence-electron chi connectivity index (χ0n) is 16.7. The van der Waals surface area contributed by atoms with Gasteiger partial charge in [0.25, 0.3) is 5.56 Å². The normalized spacial score (nSPS) is 19.3. The van der Waals surface area contributed by atoms with Gasteiger partial charge in [0.05, 0.1) is 36.1 Å². The molecule has 30 heavy (non-hydrogen) atoms. The highest BCUT2D eigenvalue weighted by molar-refractivity contribution is 5.89. The molecule has 8 nitrogen and oxygen atoms in total. The number of cyclic esters (lactones) is 1. The molecule has 8 heteroatoms. The number of esters is 1. The minimum atomic E-state index is -1.84. The Morgan fingerprint density at radius 3 is 2.80 bits per heavy atom. The molecule has 0 fully saturated rings. The third-order valence-electron chi connectivity index (χ3n) is 6.22. The van der Waals surface area contributed by atoms with E-state index in [4.69, 9.17) is 20.2 Å². The van der Waals surface area contributed by atoms with E-state index in [2.05, 4.69) is 0 Å². The fraction of sp³-hybridized carbons (Fsp3) is 0.318. The quantitative estimate of drug-likeness (QED) is 0.495. The van der Waals surface area contributed by atoms with Crippen molar-refractivity contribution >= 4 is 16.9 Å². The average Bonchev–Trinajstić information content (AvgIpc) is 3.13. The first-order valence-corrected chi connectivity index (χ1v) is 9.79. The summed E-state index contributed by atoms with van der Waals surface area (Å²) in [6, 6.07) is 7.27. The molecule has 2 aliphatic rings. The van der Waals surface area contributed by atoms with Crippen LogP contribution < -0.4 is 16.0 Å². The van der Waals surface area contributed by atoms with E-state index in [0.717, 1.165) is 22.0 Å². The van der Waals surface area contributed by atoms with E-state index in [-0.39, 0.29) is 25.1 Å². The molecule has 154 valence electrons. The maximum Gasteiger partial charge on any atom is 0.343 e. The lowest BCUT2D eigenvalue weighted by atomic mass is 9.86. The highest BCUT2D eigenvalue weighted by Crippen LogP contribution is 2.40. The molecule has 0 bridgehead atoms. The lowest BCUT2D eigenvalue weighted by Gasteiger charge is -2.31. The highest BCUT2D eigenvalue weighted by Gasteiger charge is 2.45. The predicted octanol–water partition coefficient (Wildman–Crippen LogP) is 1.55. The summed E-state index contributed by atoms with van der Waals surface area (Å²) < 4.78 is 12.1. The van der Waals surface area contributed by atoms with Crippen LogP contribution in [0.1, 0.15) is 35.6 Å². The van der Waals surface area contributed by atoms with Gasteiger partial charge in [0.2, 0.25) is 0 Å². The molecular weight excluding hydrogens is 386 g/mol. The van der Waals surface area contributed by atoms with Crippen molar-refractivity contribution in [2.75, 3.05) is 7.11 Å². The number of nitrogens with two attached hydrogens (primary N) is 1. The van der Waals surface area contributed by atoms with E-state index in [0.29, 0.717) is 34.8 Å². The van der Waals surface area contributed by atoms with Crippen molar-refractivity contribution in [3.05, 3.63) is 56.9 Å². The Kier molecular flexibility index (Phi) is 4.00. The van der Waals surface area contributed by atoms with Crippen LogP contribution in [-0.4, -0.2) is 27.7 Å². The van der Waals surface area contributed by atoms with Crippen molar-refractivity contribution in [3.8, 4) is 17.1 Å². The molecular formula is C22H21N3O5. The van der Waals surface area contributed by atoms with E-state index < -0.39 is 11.6 Å². The number of carbonyl (C=O) groups is 1. The summed E-state index contributed by atoms with van der Waals surface area (Å²) in [6.07, 6.45) is 0.105. The molecule has 0 spiro atoms. The van der Waals surface area contributed by atoms with Crippen LogP contribution in [0.5, 0.6) is 5.75 Å². The number of methoxy groups -OCH3 is 1. The minimum Gasteiger partial charge on any atom is -0.497 e. The predicted molar refractivity (Wildman–Crippen MR) is 109 cm³/mol. The molecule has 4 heterocycles. The number of rotatable bonds is 3. The number of benzene rings is 1. The van der Waals surface area contributed by atoms with Crippen LogP contribution in [0.3, 0.4) is 0 Å². The van der Waals surface area contributed by atoms with Crippen LogP contribution in [0.2, 0.25) is 0 Å². The lowest BCUT2D eigenvalue weighted by Crippen LogP contribution is -2.44. The van der Waals surface area contributed by atoms with Gasteiger partial charge in [0, 0.05) is 23.1 Å². The van der Waals surface area contributed by atoms with Crippen LogP contribution in [0.15, 0.2) is 29.1 Å². The second kappa shape index (κ2) is 6.38. The Morgan fingerprint density at radius 1 is 1.30 bits per heavy atom. The first kappa shape index (κ1) is 18.8. The Morgan fingerprint density at radius 2 is 2.10 bits per heavy atom. The third kappa shape index (κ3) is 2.31. The fourth-order valence-electron chi connectivity index (χ4n) is 4.50. The SMILES string of the molecule is CC[C@@]1(O)C(=O)OCc2c1cc1n(c2=O)Cc2c-1nc1ccc(OC)cc1c2CN. The van der Waals surface area contributed by atoms with Gasteiger partial charge >= 0.3 is 5.97 Å². The number of pyridine rings is 2. The summed E-state index contributed by atoms with van der Waals surface area (Å²) in [6.45, 7) is 2.13. The largest absolute Gasteiger partial charge is 0.497 e. The molecule has 1 atom stereocenters. The number of carbonyl (C=O) groups excluding carboxylic acids is 1. The summed E-state index contributed by atoms with van der Waals surface area (Å²) in [5.74, 6) is -0.0351. The minimum absolute atomic E-state index is 0.105. The van der Waals surface area contributed by atoms with Gasteiger partial charge < -0.3 is 24.9 Å². The molecule has 0 saturated heterocycles. The molecule has 3 aromatic rings. The van der Waals surface area contributed by atoms with Crippen LogP contribution in [0.25, 0.3) is 22.3 Å². The molecule has 2 aliphatic heterocycles. The van der Waals surface area contributed by atoms with E-state index in [1.165, 1.54) is 0 Å². The van der Waals surface area contributed by atoms with Crippen LogP contribution in [0.4, 0.5) is 0 Å². The Bertz CT molecular complexity index is 1300. The van der Waals surface area contributed by atoms with Crippen molar-refractivity contribution in [2.24, 2.45) is 5.73 Å². The van der Waals surface area contributed by atoms with Crippen molar-refractivity contribution in [2.45, 2.75) is 38.6 Å². The maximum atomic E-state index is 13.3. The van der Waals surface area contributed by atoms with E-state index in [9.17, 15) is 14.7 Å². The van der Waals surface area contributed by atoms with Crippen molar-refractivity contribution < 1.29 is 19.4 Å². The van der Waals surface area contributed by atoms with Gasteiger partial charge in [-0.2, -0.15) is 0 Å². The van der Waals surface area contributed by atoms with E-state index >= 15 is 0 Å². The summed E-state index contributed by atoms with van der Waals surface area (Å²) in [4.78, 5) is 30.3. The monoisotopic (exact) mass is 407 g/mol. The maximum absolute atomic E-state index is 13.3. The molecule has 0 amide bonds. The summed E-state index contributed by atoms with van der Waals surface area (Å²) in [7, 11) is 1.60. The second-order valence-corrected chi connectivity index (χ2v) is 7.61. The standard InChI is InChI=1S/C22H21N3O5/c1-3-22(28)16-7-18-19-14(9-25(18)20(26)15(16)10-30-21(22)27)13(8-23)12-6-11(29-2)4-5-17(12)24-19/h4-7,28H,3,8-10,23H2,1-2H3/t22-/m0/s1. The summed E-state index contributed by atoms with van der Waals surface area (Å²) in [5, 5.41) is 11.8. The van der Waals surface area contributed by atoms with E-state index in [1.807, 2.05) is 18.2 Å². The lowest BCUT2D eigenvalue weighted by molar-refractivity contribution is -0.172. The first-order valence-electron chi connectivity index (χ1n) is 9.79. The van der Waals surface area contributed by atoms with Gasteiger partial charge in [-0.3, -0.25) is 4.79 Å². The third-order valence-corrected chi connectivity index (χ3v) is 6.22. The van der Waals surface area contributed by atoms with Gasteiger partial charge in [-0.25, -0.2) is 9.78 Å². The van der Waals surface area contributed by atoms with Crippen molar-refractivity contribution in [3.63, 3.8) is 0 Å². The molecule has 1 aromatic carbocycles. The number of fused-ring (bicyclic) bond motifs is 5. The number of ether oxygens (including phenoxy) is 2. The first-order chi connectivity index (χ1) is 14.4.